The lowest BCUT2D eigenvalue weighted by Gasteiger charge is -2.27. The lowest BCUT2D eigenvalue weighted by Crippen LogP contribution is -2.30. The molecule has 0 spiro atoms. The molecule has 3 N–H and O–H groups in total. The van der Waals surface area contributed by atoms with Gasteiger partial charge in [-0.05, 0) is 96.1 Å². The lowest BCUT2D eigenvalue weighted by molar-refractivity contribution is -0.111. The highest BCUT2D eigenvalue weighted by molar-refractivity contribution is 6.23. The predicted molar refractivity (Wildman–Crippen MR) is 145 cm³/mol. The number of hydrogen-bond donors (Lipinski definition) is 2. The summed E-state index contributed by atoms with van der Waals surface area (Å²) in [6.45, 7) is 14.9. The van der Waals surface area contributed by atoms with Gasteiger partial charge in [-0.3, -0.25) is 4.79 Å². The molecule has 0 unspecified atom stereocenters. The molecule has 0 saturated carbocycles. The number of benzene rings is 2. The smallest absolute Gasteiger partial charge is 0.204 e. The Balaban J connectivity index is 1.80. The van der Waals surface area contributed by atoms with E-state index in [0.29, 0.717) is 29.2 Å². The van der Waals surface area contributed by atoms with E-state index in [4.69, 9.17) is 10.7 Å². The second-order valence-electron chi connectivity index (χ2n) is 8.97. The van der Waals surface area contributed by atoms with Crippen LogP contribution in [0.1, 0.15) is 41.5 Å². The number of allylic oxidation sites excluding steroid dienone is 2. The monoisotopic (exact) mass is 459 g/mol. The Hall–Kier alpha value is -3.54. The number of nitrogens with one attached hydrogen (secondary N) is 1. The van der Waals surface area contributed by atoms with Crippen molar-refractivity contribution in [3.05, 3.63) is 72.1 Å². The van der Waals surface area contributed by atoms with Crippen LogP contribution in [-0.2, 0) is 4.79 Å². The molecule has 0 atom stereocenters. The average molecular weight is 460 g/mol. The molecule has 2 aromatic rings. The average Bonchev–Trinajstić information content (AvgIpc) is 2.79. The molecule has 3 rings (SSSR count). The van der Waals surface area contributed by atoms with E-state index in [2.05, 4.69) is 80.9 Å². The molecule has 180 valence electrons. The zero-order valence-electron chi connectivity index (χ0n) is 21.2. The van der Waals surface area contributed by atoms with Crippen LogP contribution < -0.4 is 20.9 Å². The van der Waals surface area contributed by atoms with E-state index in [1.165, 1.54) is 6.08 Å². The Labute approximate surface area is 203 Å². The van der Waals surface area contributed by atoms with Gasteiger partial charge in [0.15, 0.2) is 0 Å². The van der Waals surface area contributed by atoms with Gasteiger partial charge in [0.1, 0.15) is 0 Å². The van der Waals surface area contributed by atoms with E-state index < -0.39 is 0 Å². The number of nitrogens with two attached hydrogens (primary N) is 1. The van der Waals surface area contributed by atoms with Crippen LogP contribution in [0, 0.1) is 0 Å². The molecule has 0 aliphatic heterocycles. The van der Waals surface area contributed by atoms with Gasteiger partial charge in [0, 0.05) is 48.3 Å². The Morgan fingerprint density at radius 2 is 1.32 bits per heavy atom. The zero-order valence-corrected chi connectivity index (χ0v) is 21.2. The molecule has 34 heavy (non-hydrogen) atoms. The summed E-state index contributed by atoms with van der Waals surface area (Å²) in [7, 11) is 0. The van der Waals surface area contributed by atoms with Crippen molar-refractivity contribution in [2.45, 2.75) is 53.6 Å². The van der Waals surface area contributed by atoms with Crippen molar-refractivity contribution in [1.29, 1.82) is 0 Å². The van der Waals surface area contributed by atoms with Gasteiger partial charge in [0.25, 0.3) is 0 Å². The van der Waals surface area contributed by atoms with Crippen molar-refractivity contribution >= 4 is 34.2 Å². The van der Waals surface area contributed by atoms with Crippen LogP contribution in [0.3, 0.4) is 0 Å². The minimum atomic E-state index is -0.163. The van der Waals surface area contributed by atoms with Crippen LogP contribution in [0.25, 0.3) is 0 Å². The molecule has 2 aromatic carbocycles. The maximum absolute atomic E-state index is 12.6. The standard InChI is InChI=1S/C28H37N5O/c1-7-32(19(3)4)23-13-9-21(10-14-23)30-26-18-27(28(34)17-25(26)29)31-22-11-15-24(16-12-22)33(8-2)20(5)6/h9-20,31H,7-8,29H2,1-6H3/b30-26-. The summed E-state index contributed by atoms with van der Waals surface area (Å²) in [5.74, 6) is -0.163. The molecular weight excluding hydrogens is 422 g/mol. The molecule has 0 bridgehead atoms. The third-order valence-electron chi connectivity index (χ3n) is 5.97. The highest BCUT2D eigenvalue weighted by Gasteiger charge is 2.18. The summed E-state index contributed by atoms with van der Waals surface area (Å²) in [5, 5.41) is 3.23. The molecule has 0 fully saturated rings. The van der Waals surface area contributed by atoms with Crippen LogP contribution in [0.4, 0.5) is 22.7 Å². The normalized spacial score (nSPS) is 14.9. The first-order valence-corrected chi connectivity index (χ1v) is 12.1. The number of hydrogen-bond acceptors (Lipinski definition) is 6. The van der Waals surface area contributed by atoms with Gasteiger partial charge in [0.2, 0.25) is 5.78 Å². The first kappa shape index (κ1) is 25.1. The van der Waals surface area contributed by atoms with Gasteiger partial charge in [0.05, 0.1) is 22.8 Å². The first-order valence-electron chi connectivity index (χ1n) is 12.1. The number of carbonyl (C=O) groups is 1. The van der Waals surface area contributed by atoms with E-state index in [-0.39, 0.29) is 5.78 Å². The van der Waals surface area contributed by atoms with Gasteiger partial charge in [-0.1, -0.05) is 0 Å². The second kappa shape index (κ2) is 11.1. The summed E-state index contributed by atoms with van der Waals surface area (Å²) >= 11 is 0. The number of rotatable bonds is 9. The Bertz CT molecular complexity index is 1080. The molecule has 6 nitrogen and oxygen atoms in total. The Kier molecular flexibility index (Phi) is 8.16. The summed E-state index contributed by atoms with van der Waals surface area (Å²) in [6, 6.07) is 17.0. The highest BCUT2D eigenvalue weighted by atomic mass is 16.1. The molecule has 0 heterocycles. The summed E-state index contributed by atoms with van der Waals surface area (Å²) in [4.78, 5) is 21.9. The minimum Gasteiger partial charge on any atom is -0.397 e. The van der Waals surface area contributed by atoms with Crippen molar-refractivity contribution in [3.8, 4) is 0 Å². The van der Waals surface area contributed by atoms with Crippen molar-refractivity contribution in [2.75, 3.05) is 28.2 Å². The van der Waals surface area contributed by atoms with Gasteiger partial charge in [-0.2, -0.15) is 0 Å². The van der Waals surface area contributed by atoms with Crippen LogP contribution in [0.2, 0.25) is 0 Å². The van der Waals surface area contributed by atoms with Crippen LogP contribution in [0.15, 0.2) is 77.1 Å². The number of nitrogens with zero attached hydrogens (tertiary/aromatic N) is 3. The highest BCUT2D eigenvalue weighted by Crippen LogP contribution is 2.24. The number of aliphatic imine (C=N–C) groups is 1. The fraction of sp³-hybridized carbons (Fsp3) is 0.357. The predicted octanol–water partition coefficient (Wildman–Crippen LogP) is 5.65. The molecule has 0 amide bonds. The van der Waals surface area contributed by atoms with Crippen molar-refractivity contribution in [3.63, 3.8) is 0 Å². The third-order valence-corrected chi connectivity index (χ3v) is 5.97. The molecule has 0 radical (unpaired) electrons. The molecule has 6 heteroatoms. The summed E-state index contributed by atoms with van der Waals surface area (Å²) < 4.78 is 0. The third kappa shape index (κ3) is 5.87. The quantitative estimate of drug-likeness (QED) is 0.474. The van der Waals surface area contributed by atoms with Gasteiger partial charge in [-0.15, -0.1) is 0 Å². The van der Waals surface area contributed by atoms with Crippen LogP contribution >= 0.6 is 0 Å². The van der Waals surface area contributed by atoms with Crippen molar-refractivity contribution in [1.82, 2.24) is 0 Å². The molecule has 0 saturated heterocycles. The number of anilines is 3. The zero-order chi connectivity index (χ0) is 24.8. The van der Waals surface area contributed by atoms with Gasteiger partial charge >= 0.3 is 0 Å². The van der Waals surface area contributed by atoms with E-state index in [0.717, 1.165) is 35.8 Å². The van der Waals surface area contributed by atoms with E-state index in [1.54, 1.807) is 6.08 Å². The molecular formula is C28H37N5O. The van der Waals surface area contributed by atoms with E-state index in [9.17, 15) is 4.79 Å². The van der Waals surface area contributed by atoms with Crippen LogP contribution in [0.5, 0.6) is 0 Å². The SMILES string of the molecule is CCN(c1ccc(/N=C2/C=C(Nc3ccc(N(CC)C(C)C)cc3)C(=O)C=C2N)cc1)C(C)C. The largest absolute Gasteiger partial charge is 0.397 e. The Morgan fingerprint density at radius 1 is 0.824 bits per heavy atom. The van der Waals surface area contributed by atoms with Crippen LogP contribution in [-0.4, -0.2) is 36.7 Å². The molecule has 0 aromatic heterocycles. The van der Waals surface area contributed by atoms with Gasteiger partial charge < -0.3 is 20.9 Å². The minimum absolute atomic E-state index is 0.163. The fourth-order valence-corrected chi connectivity index (χ4v) is 4.22. The van der Waals surface area contributed by atoms with Crippen molar-refractivity contribution in [2.24, 2.45) is 10.7 Å². The maximum atomic E-state index is 12.6. The Morgan fingerprint density at radius 3 is 1.79 bits per heavy atom. The number of carbonyl (C=O) groups excluding carboxylic acids is 1. The topological polar surface area (TPSA) is 74.0 Å². The summed E-state index contributed by atoms with van der Waals surface area (Å²) in [6.07, 6.45) is 3.15. The number of ketones is 1. The molecule has 1 aliphatic rings. The second-order valence-corrected chi connectivity index (χ2v) is 8.97. The van der Waals surface area contributed by atoms with E-state index >= 15 is 0 Å². The van der Waals surface area contributed by atoms with Crippen molar-refractivity contribution < 1.29 is 4.79 Å². The maximum Gasteiger partial charge on any atom is 0.204 e. The molecule has 1 aliphatic carbocycles. The van der Waals surface area contributed by atoms with Gasteiger partial charge in [-0.25, -0.2) is 4.99 Å². The fourth-order valence-electron chi connectivity index (χ4n) is 4.22. The first-order chi connectivity index (χ1) is 16.2. The van der Waals surface area contributed by atoms with E-state index in [1.807, 2.05) is 24.3 Å². The summed E-state index contributed by atoms with van der Waals surface area (Å²) in [5.41, 5.74) is 11.5. The lowest BCUT2D eigenvalue weighted by atomic mass is 10.1.